The Hall–Kier alpha value is -2.55. The first-order valence-electron chi connectivity index (χ1n) is 13.6. The van der Waals surface area contributed by atoms with Gasteiger partial charge in [-0.3, -0.25) is 4.57 Å². The molecule has 3 aromatic rings. The van der Waals surface area contributed by atoms with E-state index in [0.717, 1.165) is 35.1 Å². The third-order valence-corrected chi connectivity index (χ3v) is 10.5. The number of benzene rings is 3. The molecule has 5 heteroatoms. The highest BCUT2D eigenvalue weighted by atomic mass is 31.2. The van der Waals surface area contributed by atoms with Gasteiger partial charge in [-0.1, -0.05) is 75.2 Å². The highest BCUT2D eigenvalue weighted by molar-refractivity contribution is 7.67. The molecule has 0 bridgehead atoms. The Morgan fingerprint density at radius 2 is 1.57 bits per heavy atom. The number of rotatable bonds is 9. The van der Waals surface area contributed by atoms with Crippen molar-refractivity contribution in [1.29, 1.82) is 0 Å². The Balaban J connectivity index is 1.84. The highest BCUT2D eigenvalue weighted by Crippen LogP contribution is 2.61. The third-order valence-electron chi connectivity index (χ3n) is 7.79. The molecule has 0 heterocycles. The van der Waals surface area contributed by atoms with Crippen molar-refractivity contribution < 1.29 is 9.09 Å². The lowest BCUT2D eigenvalue weighted by Crippen LogP contribution is -2.35. The SMILES string of the molecule is Cc1ccc([C@H](Nc2ccccc2)[P@](=O)(O[C@@H]2C[C@@H](C)CC[C@H]2C(C)C)c2ccc(N(C)C)cc2)cc1. The van der Waals surface area contributed by atoms with Crippen LogP contribution in [0, 0.1) is 24.7 Å². The summed E-state index contributed by atoms with van der Waals surface area (Å²) in [6.07, 6.45) is 3.21. The molecule has 37 heavy (non-hydrogen) atoms. The molecule has 0 unspecified atom stereocenters. The highest BCUT2D eigenvalue weighted by Gasteiger charge is 2.43. The first-order valence-corrected chi connectivity index (χ1v) is 15.3. The second kappa shape index (κ2) is 11.9. The lowest BCUT2D eigenvalue weighted by Gasteiger charge is -2.41. The monoisotopic (exact) mass is 518 g/mol. The molecular formula is C32H43N2O2P. The molecule has 3 aromatic carbocycles. The van der Waals surface area contributed by atoms with Crippen LogP contribution in [0.25, 0.3) is 0 Å². The van der Waals surface area contributed by atoms with E-state index in [1.807, 2.05) is 68.7 Å². The zero-order valence-electron chi connectivity index (χ0n) is 23.2. The van der Waals surface area contributed by atoms with Gasteiger partial charge in [-0.15, -0.1) is 0 Å². The Morgan fingerprint density at radius 1 is 0.919 bits per heavy atom. The summed E-state index contributed by atoms with van der Waals surface area (Å²) in [5, 5.41) is 4.39. The fourth-order valence-electron chi connectivity index (χ4n) is 5.47. The predicted octanol–water partition coefficient (Wildman–Crippen LogP) is 8.25. The molecular weight excluding hydrogens is 475 g/mol. The van der Waals surface area contributed by atoms with E-state index in [-0.39, 0.29) is 6.10 Å². The van der Waals surface area contributed by atoms with Crippen molar-refractivity contribution in [3.63, 3.8) is 0 Å². The van der Waals surface area contributed by atoms with Gasteiger partial charge in [0.2, 0.25) is 0 Å². The summed E-state index contributed by atoms with van der Waals surface area (Å²) in [5.74, 6) is 0.915. The van der Waals surface area contributed by atoms with Crippen LogP contribution >= 0.6 is 7.37 Å². The predicted molar refractivity (Wildman–Crippen MR) is 158 cm³/mol. The molecule has 0 saturated heterocycles. The van der Waals surface area contributed by atoms with Gasteiger partial charge in [0.05, 0.1) is 6.10 Å². The van der Waals surface area contributed by atoms with Gasteiger partial charge in [0.15, 0.2) is 0 Å². The molecule has 4 rings (SSSR count). The van der Waals surface area contributed by atoms with Crippen LogP contribution in [-0.4, -0.2) is 20.2 Å². The fourth-order valence-corrected chi connectivity index (χ4v) is 8.11. The summed E-state index contributed by atoms with van der Waals surface area (Å²) in [6.45, 7) is 8.92. The molecule has 5 atom stereocenters. The van der Waals surface area contributed by atoms with Gasteiger partial charge >= 0.3 is 0 Å². The summed E-state index contributed by atoms with van der Waals surface area (Å²) in [5.41, 5.74) is 4.15. The zero-order chi connectivity index (χ0) is 26.6. The van der Waals surface area contributed by atoms with Crippen LogP contribution in [0.4, 0.5) is 11.4 Å². The van der Waals surface area contributed by atoms with E-state index in [0.29, 0.717) is 17.8 Å². The first-order chi connectivity index (χ1) is 17.7. The van der Waals surface area contributed by atoms with Crippen LogP contribution in [0.3, 0.4) is 0 Å². The molecule has 1 aliphatic rings. The van der Waals surface area contributed by atoms with Crippen LogP contribution in [0.15, 0.2) is 78.9 Å². The number of nitrogens with one attached hydrogen (secondary N) is 1. The summed E-state index contributed by atoms with van der Waals surface area (Å²) in [4.78, 5) is 2.06. The van der Waals surface area contributed by atoms with E-state index in [2.05, 4.69) is 62.2 Å². The molecule has 1 aliphatic carbocycles. The standard InChI is InChI=1S/C32H43N2O2P/c1-23(2)30-21-14-25(4)22-31(30)36-37(35,29-19-17-28(18-20-29)34(5)6)32(26-15-12-24(3)13-16-26)33-27-10-8-7-9-11-27/h7-13,15-20,23,25,30-33H,14,21-22H2,1-6H3/t25-,30-,31+,32+,37+/m0/s1. The summed E-state index contributed by atoms with van der Waals surface area (Å²) < 4.78 is 22.5. The van der Waals surface area contributed by atoms with E-state index >= 15 is 4.57 Å². The van der Waals surface area contributed by atoms with Gasteiger partial charge in [-0.2, -0.15) is 0 Å². The van der Waals surface area contributed by atoms with Gasteiger partial charge in [0.25, 0.3) is 7.37 Å². The van der Waals surface area contributed by atoms with Crippen LogP contribution in [0.1, 0.15) is 56.9 Å². The smallest absolute Gasteiger partial charge is 0.258 e. The lowest BCUT2D eigenvalue weighted by atomic mass is 9.75. The normalized spacial score (nSPS) is 22.3. The number of hydrogen-bond acceptors (Lipinski definition) is 4. The molecule has 1 fully saturated rings. The number of para-hydroxylation sites is 1. The second-order valence-corrected chi connectivity index (χ2v) is 13.7. The maximum Gasteiger partial charge on any atom is 0.258 e. The maximum absolute atomic E-state index is 15.5. The molecule has 0 radical (unpaired) electrons. The number of anilines is 2. The topological polar surface area (TPSA) is 41.6 Å². The molecule has 1 N–H and O–H groups in total. The number of aryl methyl sites for hydroxylation is 1. The molecule has 0 amide bonds. The molecule has 0 aliphatic heterocycles. The lowest BCUT2D eigenvalue weighted by molar-refractivity contribution is 0.0489. The molecule has 4 nitrogen and oxygen atoms in total. The summed E-state index contributed by atoms with van der Waals surface area (Å²) in [7, 11) is 0.607. The van der Waals surface area contributed by atoms with Crippen LogP contribution < -0.4 is 15.5 Å². The van der Waals surface area contributed by atoms with Crippen molar-refractivity contribution in [2.75, 3.05) is 24.3 Å². The van der Waals surface area contributed by atoms with E-state index < -0.39 is 13.2 Å². The van der Waals surface area contributed by atoms with Crippen molar-refractivity contribution >= 4 is 24.0 Å². The summed E-state index contributed by atoms with van der Waals surface area (Å²) in [6, 6.07) is 26.5. The Kier molecular flexibility index (Phi) is 8.82. The molecule has 198 valence electrons. The van der Waals surface area contributed by atoms with Crippen molar-refractivity contribution in [2.24, 2.45) is 17.8 Å². The van der Waals surface area contributed by atoms with Crippen LogP contribution in [0.2, 0.25) is 0 Å². The molecule has 1 saturated carbocycles. The van der Waals surface area contributed by atoms with Crippen LogP contribution in [0.5, 0.6) is 0 Å². The Labute approximate surface area is 223 Å². The van der Waals surface area contributed by atoms with E-state index in [1.54, 1.807) is 0 Å². The van der Waals surface area contributed by atoms with Crippen molar-refractivity contribution in [3.8, 4) is 0 Å². The average Bonchev–Trinajstić information content (AvgIpc) is 2.88. The minimum absolute atomic E-state index is 0.0476. The maximum atomic E-state index is 15.5. The van der Waals surface area contributed by atoms with E-state index in [1.165, 1.54) is 12.0 Å². The summed E-state index contributed by atoms with van der Waals surface area (Å²) >= 11 is 0. The minimum Gasteiger partial charge on any atom is -0.378 e. The van der Waals surface area contributed by atoms with E-state index in [9.17, 15) is 0 Å². The van der Waals surface area contributed by atoms with Crippen molar-refractivity contribution in [3.05, 3.63) is 90.0 Å². The molecule has 0 aromatic heterocycles. The van der Waals surface area contributed by atoms with Crippen molar-refractivity contribution in [2.45, 2.75) is 58.8 Å². The zero-order valence-corrected chi connectivity index (χ0v) is 24.1. The van der Waals surface area contributed by atoms with Gasteiger partial charge < -0.3 is 14.7 Å². The first kappa shape index (κ1) is 27.5. The quantitative estimate of drug-likeness (QED) is 0.290. The van der Waals surface area contributed by atoms with Gasteiger partial charge in [0.1, 0.15) is 5.78 Å². The van der Waals surface area contributed by atoms with Gasteiger partial charge in [-0.25, -0.2) is 0 Å². The number of nitrogens with zero attached hydrogens (tertiary/aromatic N) is 1. The second-order valence-electron chi connectivity index (χ2n) is 11.3. The van der Waals surface area contributed by atoms with Gasteiger partial charge in [-0.05, 0) is 79.5 Å². The van der Waals surface area contributed by atoms with Gasteiger partial charge in [0, 0.05) is 30.8 Å². The fraction of sp³-hybridized carbons (Fsp3) is 0.438. The Bertz CT molecular complexity index is 1180. The van der Waals surface area contributed by atoms with Crippen LogP contribution in [-0.2, 0) is 9.09 Å². The van der Waals surface area contributed by atoms with Crippen molar-refractivity contribution in [1.82, 2.24) is 0 Å². The largest absolute Gasteiger partial charge is 0.378 e. The third kappa shape index (κ3) is 6.48. The average molecular weight is 519 g/mol. The number of hydrogen-bond donors (Lipinski definition) is 1. The minimum atomic E-state index is -3.44. The Morgan fingerprint density at radius 3 is 2.16 bits per heavy atom. The molecule has 0 spiro atoms. The van der Waals surface area contributed by atoms with E-state index in [4.69, 9.17) is 4.52 Å².